The lowest BCUT2D eigenvalue weighted by Crippen LogP contribution is -2.60. The molecule has 1 aromatic heterocycles. The number of carbonyl (C=O) groups excluding carboxylic acids is 2. The summed E-state index contributed by atoms with van der Waals surface area (Å²) in [5, 5.41) is 23.9. The molecular formula is C35H47ClN8O3. The largest absolute Gasteiger partial charge is 0.444 e. The number of amides is 2. The highest BCUT2D eigenvalue weighted by molar-refractivity contribution is 6.31. The zero-order valence-corrected chi connectivity index (χ0v) is 28.4. The lowest BCUT2D eigenvalue weighted by Gasteiger charge is -2.60. The zero-order valence-electron chi connectivity index (χ0n) is 27.7. The van der Waals surface area contributed by atoms with Crippen LogP contribution in [0.3, 0.4) is 0 Å². The number of piperidine rings is 1. The summed E-state index contributed by atoms with van der Waals surface area (Å²) in [6.45, 7) is 8.45. The molecule has 5 atom stereocenters. The van der Waals surface area contributed by atoms with E-state index in [2.05, 4.69) is 37.3 Å². The van der Waals surface area contributed by atoms with Crippen LogP contribution in [0.1, 0.15) is 76.8 Å². The number of carbonyl (C=O) groups is 2. The third-order valence-electron chi connectivity index (χ3n) is 10.4. The fraction of sp³-hybridized carbons (Fsp3) is 0.629. The second-order valence-corrected chi connectivity index (χ2v) is 15.5. The molecule has 2 aromatic rings. The lowest BCUT2D eigenvalue weighted by molar-refractivity contribution is -0.132. The second-order valence-electron chi connectivity index (χ2n) is 15.0. The summed E-state index contributed by atoms with van der Waals surface area (Å²) < 4.78 is 5.38. The first-order valence-electron chi connectivity index (χ1n) is 17.0. The van der Waals surface area contributed by atoms with Gasteiger partial charge in [-0.25, -0.2) is 9.78 Å². The minimum atomic E-state index is -0.529. The Morgan fingerprint density at radius 1 is 1.11 bits per heavy atom. The number of nitriles is 1. The molecule has 5 aliphatic rings. The molecule has 1 saturated heterocycles. The molecule has 4 N–H and O–H groups in total. The molecule has 7 rings (SSSR count). The van der Waals surface area contributed by atoms with E-state index in [1.54, 1.807) is 6.20 Å². The third kappa shape index (κ3) is 8.10. The van der Waals surface area contributed by atoms with Crippen molar-refractivity contribution in [1.82, 2.24) is 25.5 Å². The van der Waals surface area contributed by atoms with Crippen molar-refractivity contribution >= 4 is 35.4 Å². The van der Waals surface area contributed by atoms with Crippen LogP contribution >= 0.6 is 11.6 Å². The van der Waals surface area contributed by atoms with Gasteiger partial charge in [0.2, 0.25) is 11.9 Å². The van der Waals surface area contributed by atoms with E-state index in [0.717, 1.165) is 37.8 Å². The number of benzene rings is 1. The van der Waals surface area contributed by atoms with E-state index in [9.17, 15) is 14.9 Å². The molecule has 1 aromatic carbocycles. The predicted molar refractivity (Wildman–Crippen MR) is 181 cm³/mol. The van der Waals surface area contributed by atoms with Gasteiger partial charge in [0.25, 0.3) is 0 Å². The Bertz CT molecular complexity index is 1480. The number of halogens is 1. The van der Waals surface area contributed by atoms with Gasteiger partial charge in [-0.05, 0) is 101 Å². The highest BCUT2D eigenvalue weighted by atomic mass is 35.5. The van der Waals surface area contributed by atoms with E-state index in [1.807, 2.05) is 49.9 Å². The Morgan fingerprint density at radius 3 is 2.51 bits per heavy atom. The van der Waals surface area contributed by atoms with Gasteiger partial charge >= 0.3 is 6.09 Å². The third-order valence-corrected chi connectivity index (χ3v) is 10.8. The first kappa shape index (κ1) is 33.3. The summed E-state index contributed by atoms with van der Waals surface area (Å²) in [7, 11) is 0. The average Bonchev–Trinajstić information content (AvgIpc) is 3.02. The number of nitrogens with one attached hydrogen (secondary N) is 4. The first-order chi connectivity index (χ1) is 22.5. The monoisotopic (exact) mass is 662 g/mol. The van der Waals surface area contributed by atoms with E-state index in [1.165, 1.54) is 19.3 Å². The molecule has 1 unspecified atom stereocenters. The summed E-state index contributed by atoms with van der Waals surface area (Å²) in [4.78, 5) is 36.3. The highest BCUT2D eigenvalue weighted by Crippen LogP contribution is 2.60. The van der Waals surface area contributed by atoms with Crippen LogP contribution in [-0.4, -0.2) is 70.7 Å². The van der Waals surface area contributed by atoms with Crippen molar-refractivity contribution in [1.29, 1.82) is 5.26 Å². The number of anilines is 2. The number of ether oxygens (including phenoxy) is 1. The average molecular weight is 663 g/mol. The van der Waals surface area contributed by atoms with Gasteiger partial charge < -0.3 is 30.9 Å². The molecule has 4 aliphatic carbocycles. The van der Waals surface area contributed by atoms with Gasteiger partial charge in [0.1, 0.15) is 23.1 Å². The van der Waals surface area contributed by atoms with Gasteiger partial charge in [0.05, 0.1) is 12.7 Å². The summed E-state index contributed by atoms with van der Waals surface area (Å²) in [5.41, 5.74) is 1.01. The number of hydrogen-bond donors (Lipinski definition) is 4. The van der Waals surface area contributed by atoms with Crippen LogP contribution in [0.2, 0.25) is 5.02 Å². The van der Waals surface area contributed by atoms with Crippen molar-refractivity contribution in [3.8, 4) is 6.07 Å². The van der Waals surface area contributed by atoms with E-state index >= 15 is 0 Å². The van der Waals surface area contributed by atoms with E-state index in [0.29, 0.717) is 72.3 Å². The minimum Gasteiger partial charge on any atom is -0.444 e. The van der Waals surface area contributed by atoms with Gasteiger partial charge in [0, 0.05) is 43.3 Å². The summed E-state index contributed by atoms with van der Waals surface area (Å²) in [6.07, 6.45) is 8.45. The molecule has 252 valence electrons. The van der Waals surface area contributed by atoms with Crippen molar-refractivity contribution in [2.75, 3.05) is 36.8 Å². The van der Waals surface area contributed by atoms with Gasteiger partial charge in [-0.3, -0.25) is 4.79 Å². The summed E-state index contributed by atoms with van der Waals surface area (Å²) in [5.74, 6) is 2.92. The minimum absolute atomic E-state index is 0.0268. The standard InChI is InChI=1S/C35H47ClN8O3/c1-34(2,3)47-33(46)42-27-8-10-44(11-9-27)29(45)20-38-30-24-12-22-13-25(30)16-35(14-22,15-24)21-41-31-26(17-37)19-40-32(43-31)39-18-23-6-4-5-7-28(23)36/h4-7,19,22,24-25,27,30,38H,8-16,18,20-21H2,1-3H3,(H,42,46)(H2,39,40,41,43)/t22?,24-,25+,30-,35+. The van der Waals surface area contributed by atoms with Gasteiger partial charge in [-0.1, -0.05) is 29.8 Å². The number of nitrogens with zero attached hydrogens (tertiary/aromatic N) is 4. The zero-order chi connectivity index (χ0) is 33.2. The molecule has 1 aliphatic heterocycles. The van der Waals surface area contributed by atoms with Crippen molar-refractivity contribution in [3.63, 3.8) is 0 Å². The number of aromatic nitrogens is 2. The fourth-order valence-electron chi connectivity index (χ4n) is 8.58. The molecule has 47 heavy (non-hydrogen) atoms. The normalized spacial score (nSPS) is 26.8. The van der Waals surface area contributed by atoms with E-state index in [-0.39, 0.29) is 17.4 Å². The van der Waals surface area contributed by atoms with Crippen LogP contribution in [0.25, 0.3) is 0 Å². The Kier molecular flexibility index (Phi) is 9.81. The maximum atomic E-state index is 13.2. The smallest absolute Gasteiger partial charge is 0.407 e. The van der Waals surface area contributed by atoms with Gasteiger partial charge in [-0.2, -0.15) is 10.2 Å². The fourth-order valence-corrected chi connectivity index (χ4v) is 8.78. The number of likely N-dealkylation sites (tertiary alicyclic amines) is 1. The highest BCUT2D eigenvalue weighted by Gasteiger charge is 2.55. The SMILES string of the molecule is CC(C)(C)OC(=O)NC1CCN(C(=O)CN[C@@H]2[C@@H]3CC4C[C@H]2C[C@](CNc2nc(NCc5ccccc5Cl)ncc2C#N)(C4)C3)CC1. The van der Waals surface area contributed by atoms with Crippen LogP contribution in [0, 0.1) is 34.5 Å². The predicted octanol–water partition coefficient (Wildman–Crippen LogP) is 5.33. The molecule has 0 spiro atoms. The lowest BCUT2D eigenvalue weighted by atomic mass is 9.48. The Morgan fingerprint density at radius 2 is 1.83 bits per heavy atom. The molecule has 11 nitrogen and oxygen atoms in total. The quantitative estimate of drug-likeness (QED) is 0.265. The molecule has 0 radical (unpaired) electrons. The van der Waals surface area contributed by atoms with E-state index < -0.39 is 11.7 Å². The van der Waals surface area contributed by atoms with Crippen LogP contribution < -0.4 is 21.3 Å². The maximum Gasteiger partial charge on any atom is 0.407 e. The van der Waals surface area contributed by atoms with Crippen LogP contribution in [0.4, 0.5) is 16.6 Å². The maximum absolute atomic E-state index is 13.2. The Labute approximate surface area is 282 Å². The second kappa shape index (κ2) is 13.9. The van der Waals surface area contributed by atoms with Crippen molar-refractivity contribution in [2.24, 2.45) is 23.2 Å². The van der Waals surface area contributed by atoms with Crippen molar-refractivity contribution < 1.29 is 14.3 Å². The number of hydrogen-bond acceptors (Lipinski definition) is 9. The molecule has 4 bridgehead atoms. The summed E-state index contributed by atoms with van der Waals surface area (Å²) >= 11 is 6.31. The molecule has 12 heteroatoms. The van der Waals surface area contributed by atoms with E-state index in [4.69, 9.17) is 16.3 Å². The number of alkyl carbamates (subject to hydrolysis) is 1. The van der Waals surface area contributed by atoms with Crippen molar-refractivity contribution in [2.45, 2.75) is 89.9 Å². The van der Waals surface area contributed by atoms with Gasteiger partial charge in [0.15, 0.2) is 0 Å². The molecule has 4 saturated carbocycles. The molecular weight excluding hydrogens is 616 g/mol. The molecule has 5 fully saturated rings. The summed E-state index contributed by atoms with van der Waals surface area (Å²) in [6, 6.07) is 10.3. The van der Waals surface area contributed by atoms with Crippen LogP contribution in [-0.2, 0) is 16.1 Å². The number of rotatable bonds is 10. The Hall–Kier alpha value is -3.62. The van der Waals surface area contributed by atoms with Crippen molar-refractivity contribution in [3.05, 3.63) is 46.6 Å². The topological polar surface area (TPSA) is 144 Å². The van der Waals surface area contributed by atoms with Crippen LogP contribution in [0.15, 0.2) is 30.5 Å². The molecule has 2 heterocycles. The van der Waals surface area contributed by atoms with Crippen LogP contribution in [0.5, 0.6) is 0 Å². The first-order valence-corrected chi connectivity index (χ1v) is 17.4. The molecule has 2 amide bonds. The Balaban J connectivity index is 0.994. The van der Waals surface area contributed by atoms with Gasteiger partial charge in [-0.15, -0.1) is 0 Å².